The molecule has 22 heavy (non-hydrogen) atoms. The number of hydrogen-bond donors (Lipinski definition) is 1. The molecule has 2 fully saturated rings. The molecule has 1 N–H and O–H groups in total. The highest BCUT2D eigenvalue weighted by Crippen LogP contribution is 2.42. The van der Waals surface area contributed by atoms with Gasteiger partial charge in [0, 0.05) is 0 Å². The van der Waals surface area contributed by atoms with Gasteiger partial charge in [0.05, 0.1) is 11.5 Å². The monoisotopic (exact) mass is 310 g/mol. The Bertz CT molecular complexity index is 365. The zero-order chi connectivity index (χ0) is 16.2. The summed E-state index contributed by atoms with van der Waals surface area (Å²) in [5, 5.41) is 9.66. The Labute approximate surface area is 135 Å². The van der Waals surface area contributed by atoms with Crippen molar-refractivity contribution in [2.24, 2.45) is 11.3 Å². The number of esters is 1. The third-order valence-electron chi connectivity index (χ3n) is 6.30. The van der Waals surface area contributed by atoms with E-state index in [-0.39, 0.29) is 23.1 Å². The molecule has 0 aromatic rings. The molecule has 3 nitrogen and oxygen atoms in total. The van der Waals surface area contributed by atoms with E-state index in [9.17, 15) is 9.90 Å². The van der Waals surface area contributed by atoms with Crippen LogP contribution in [0.1, 0.15) is 91.4 Å². The van der Waals surface area contributed by atoms with Crippen LogP contribution < -0.4 is 0 Å². The molecule has 0 amide bonds. The van der Waals surface area contributed by atoms with Crippen LogP contribution in [-0.2, 0) is 9.53 Å². The normalized spacial score (nSPS) is 30.7. The molecule has 0 aromatic carbocycles. The molecule has 2 rings (SSSR count). The summed E-state index contributed by atoms with van der Waals surface area (Å²) >= 11 is 0. The topological polar surface area (TPSA) is 46.5 Å². The highest BCUT2D eigenvalue weighted by molar-refractivity contribution is 5.76. The lowest BCUT2D eigenvalue weighted by atomic mass is 9.73. The first-order valence-electron chi connectivity index (χ1n) is 9.34. The van der Waals surface area contributed by atoms with Crippen LogP contribution in [0.5, 0.6) is 0 Å². The number of aliphatic hydroxyl groups excluding tert-OH is 1. The second-order valence-electron chi connectivity index (χ2n) is 7.93. The first-order chi connectivity index (χ1) is 10.4. The largest absolute Gasteiger partial charge is 0.459 e. The number of carbonyl (C=O) groups is 1. The first kappa shape index (κ1) is 17.8. The van der Waals surface area contributed by atoms with E-state index >= 15 is 0 Å². The third kappa shape index (κ3) is 4.04. The van der Waals surface area contributed by atoms with Crippen molar-refractivity contribution in [1.29, 1.82) is 0 Å². The predicted molar refractivity (Wildman–Crippen MR) is 88.6 cm³/mol. The van der Waals surface area contributed by atoms with Crippen molar-refractivity contribution in [3.63, 3.8) is 0 Å². The first-order valence-corrected chi connectivity index (χ1v) is 9.34. The maximum Gasteiger partial charge on any atom is 0.312 e. The van der Waals surface area contributed by atoms with Gasteiger partial charge in [-0.1, -0.05) is 13.8 Å². The van der Waals surface area contributed by atoms with Crippen molar-refractivity contribution in [2.75, 3.05) is 0 Å². The minimum Gasteiger partial charge on any atom is -0.459 e. The molecule has 3 heteroatoms. The summed E-state index contributed by atoms with van der Waals surface area (Å²) in [4.78, 5) is 12.9. The molecule has 0 radical (unpaired) electrons. The van der Waals surface area contributed by atoms with E-state index in [4.69, 9.17) is 4.74 Å². The fraction of sp³-hybridized carbons (Fsp3) is 0.947. The highest BCUT2D eigenvalue weighted by Gasteiger charge is 2.42. The minimum atomic E-state index is -0.363. The number of carbonyl (C=O) groups excluding carboxylic acids is 1. The van der Waals surface area contributed by atoms with E-state index in [1.165, 1.54) is 12.8 Å². The van der Waals surface area contributed by atoms with Crippen LogP contribution in [0.25, 0.3) is 0 Å². The van der Waals surface area contributed by atoms with Crippen LogP contribution in [0.3, 0.4) is 0 Å². The van der Waals surface area contributed by atoms with Gasteiger partial charge in [-0.3, -0.25) is 4.79 Å². The number of ether oxygens (including phenoxy) is 1. The Balaban J connectivity index is 1.97. The Morgan fingerprint density at radius 2 is 1.77 bits per heavy atom. The molecule has 2 aliphatic carbocycles. The van der Waals surface area contributed by atoms with Crippen LogP contribution in [0.4, 0.5) is 0 Å². The summed E-state index contributed by atoms with van der Waals surface area (Å²) in [5.41, 5.74) is -0.548. The lowest BCUT2D eigenvalue weighted by molar-refractivity contribution is -0.173. The molecule has 1 atom stereocenters. The molecule has 0 aromatic heterocycles. The molecule has 0 saturated heterocycles. The van der Waals surface area contributed by atoms with Gasteiger partial charge < -0.3 is 9.84 Å². The zero-order valence-electron chi connectivity index (χ0n) is 14.7. The molecule has 1 unspecified atom stereocenters. The zero-order valence-corrected chi connectivity index (χ0v) is 14.7. The van der Waals surface area contributed by atoms with Crippen LogP contribution in [0, 0.1) is 11.3 Å². The summed E-state index contributed by atoms with van der Waals surface area (Å²) in [6.07, 6.45) is 10.9. The fourth-order valence-electron chi connectivity index (χ4n) is 4.23. The van der Waals surface area contributed by atoms with Gasteiger partial charge in [-0.25, -0.2) is 0 Å². The molecule has 128 valence electrons. The number of aliphatic hydroxyl groups is 1. The minimum absolute atomic E-state index is 0.0184. The Morgan fingerprint density at radius 1 is 1.18 bits per heavy atom. The Kier molecular flexibility index (Phi) is 5.93. The molecule has 0 heterocycles. The molecular formula is C19H34O3. The predicted octanol–water partition coefficient (Wildman–Crippen LogP) is 4.61. The van der Waals surface area contributed by atoms with E-state index < -0.39 is 0 Å². The average Bonchev–Trinajstić information content (AvgIpc) is 2.98. The highest BCUT2D eigenvalue weighted by atomic mass is 16.6. The van der Waals surface area contributed by atoms with Gasteiger partial charge in [-0.2, -0.15) is 0 Å². The average molecular weight is 310 g/mol. The summed E-state index contributed by atoms with van der Waals surface area (Å²) < 4.78 is 6.08. The van der Waals surface area contributed by atoms with Gasteiger partial charge in [-0.15, -0.1) is 0 Å². The van der Waals surface area contributed by atoms with E-state index in [0.717, 1.165) is 57.8 Å². The van der Waals surface area contributed by atoms with Crippen molar-refractivity contribution >= 4 is 5.97 Å². The Hall–Kier alpha value is -0.570. The molecule has 0 bridgehead atoms. The maximum atomic E-state index is 12.9. The van der Waals surface area contributed by atoms with Gasteiger partial charge in [0.2, 0.25) is 0 Å². The van der Waals surface area contributed by atoms with Crippen LogP contribution in [0.2, 0.25) is 0 Å². The lowest BCUT2D eigenvalue weighted by Crippen LogP contribution is -2.40. The SMILES string of the molecule is CCC1(OC(=O)C(C)(CC)CC2CCC(O)CC2)CCCC1. The number of hydrogen-bond acceptors (Lipinski definition) is 3. The van der Waals surface area contributed by atoms with Crippen molar-refractivity contribution in [3.05, 3.63) is 0 Å². The van der Waals surface area contributed by atoms with Crippen LogP contribution in [-0.4, -0.2) is 22.8 Å². The van der Waals surface area contributed by atoms with E-state index in [0.29, 0.717) is 5.92 Å². The van der Waals surface area contributed by atoms with Gasteiger partial charge in [0.15, 0.2) is 0 Å². The molecule has 2 saturated carbocycles. The van der Waals surface area contributed by atoms with Gasteiger partial charge >= 0.3 is 5.97 Å². The van der Waals surface area contributed by atoms with Crippen molar-refractivity contribution < 1.29 is 14.6 Å². The van der Waals surface area contributed by atoms with Gasteiger partial charge in [0.1, 0.15) is 5.60 Å². The molecule has 2 aliphatic rings. The standard InChI is InChI=1S/C19H34O3/c1-4-18(3,14-15-8-10-16(20)11-9-15)17(21)22-19(5-2)12-6-7-13-19/h15-16,20H,4-14H2,1-3H3. The van der Waals surface area contributed by atoms with Crippen molar-refractivity contribution in [3.8, 4) is 0 Å². The smallest absolute Gasteiger partial charge is 0.312 e. The Morgan fingerprint density at radius 3 is 2.27 bits per heavy atom. The summed E-state index contributed by atoms with van der Waals surface area (Å²) in [6, 6.07) is 0. The van der Waals surface area contributed by atoms with Gasteiger partial charge in [0.25, 0.3) is 0 Å². The van der Waals surface area contributed by atoms with E-state index in [1.807, 2.05) is 0 Å². The summed E-state index contributed by atoms with van der Waals surface area (Å²) in [5.74, 6) is 0.576. The lowest BCUT2D eigenvalue weighted by Gasteiger charge is -2.37. The molecular weight excluding hydrogens is 276 g/mol. The summed E-state index contributed by atoms with van der Waals surface area (Å²) in [6.45, 7) is 6.33. The molecule has 0 aliphatic heterocycles. The number of rotatable bonds is 6. The quantitative estimate of drug-likeness (QED) is 0.729. The van der Waals surface area contributed by atoms with Crippen LogP contribution >= 0.6 is 0 Å². The summed E-state index contributed by atoms with van der Waals surface area (Å²) in [7, 11) is 0. The van der Waals surface area contributed by atoms with Crippen molar-refractivity contribution in [2.45, 2.75) is 103 Å². The third-order valence-corrected chi connectivity index (χ3v) is 6.30. The van der Waals surface area contributed by atoms with Gasteiger partial charge in [-0.05, 0) is 83.5 Å². The van der Waals surface area contributed by atoms with Crippen LogP contribution in [0.15, 0.2) is 0 Å². The molecule has 0 spiro atoms. The maximum absolute atomic E-state index is 12.9. The van der Waals surface area contributed by atoms with E-state index in [1.54, 1.807) is 0 Å². The fourth-order valence-corrected chi connectivity index (χ4v) is 4.23. The van der Waals surface area contributed by atoms with Crippen molar-refractivity contribution in [1.82, 2.24) is 0 Å². The second-order valence-corrected chi connectivity index (χ2v) is 7.93. The second kappa shape index (κ2) is 7.33. The van der Waals surface area contributed by atoms with E-state index in [2.05, 4.69) is 20.8 Å².